The minimum absolute atomic E-state index is 0.624. The van der Waals surface area contributed by atoms with E-state index in [1.165, 1.54) is 58.2 Å². The topological polar surface area (TPSA) is 32.5 Å². The van der Waals surface area contributed by atoms with Gasteiger partial charge in [-0.15, -0.1) is 0 Å². The molecule has 1 heterocycles. The molecule has 3 heteroatoms. The SMILES string of the molecule is CCC1CN(C)CCCN1C(CN)C1CCC(C)CC1. The van der Waals surface area contributed by atoms with E-state index in [0.29, 0.717) is 12.1 Å². The van der Waals surface area contributed by atoms with E-state index in [1.807, 2.05) is 0 Å². The molecule has 1 saturated carbocycles. The maximum Gasteiger partial charge on any atom is 0.0250 e. The smallest absolute Gasteiger partial charge is 0.0250 e. The first-order valence-corrected chi connectivity index (χ1v) is 8.80. The fourth-order valence-corrected chi connectivity index (χ4v) is 4.33. The molecule has 1 aliphatic heterocycles. The predicted octanol–water partition coefficient (Wildman–Crippen LogP) is 2.56. The van der Waals surface area contributed by atoms with Gasteiger partial charge >= 0.3 is 0 Å². The van der Waals surface area contributed by atoms with E-state index in [-0.39, 0.29) is 0 Å². The Bertz CT molecular complexity index is 273. The highest BCUT2D eigenvalue weighted by Gasteiger charge is 2.33. The molecule has 0 spiro atoms. The van der Waals surface area contributed by atoms with E-state index in [0.717, 1.165) is 18.4 Å². The number of hydrogen-bond donors (Lipinski definition) is 1. The Morgan fingerprint density at radius 3 is 2.45 bits per heavy atom. The van der Waals surface area contributed by atoms with Gasteiger partial charge in [-0.1, -0.05) is 26.7 Å². The van der Waals surface area contributed by atoms with E-state index in [1.54, 1.807) is 0 Å². The lowest BCUT2D eigenvalue weighted by Gasteiger charge is -2.42. The molecule has 3 nitrogen and oxygen atoms in total. The Balaban J connectivity index is 2.03. The first-order valence-electron chi connectivity index (χ1n) is 8.80. The zero-order chi connectivity index (χ0) is 14.5. The maximum atomic E-state index is 6.22. The average molecular weight is 281 g/mol. The summed E-state index contributed by atoms with van der Waals surface area (Å²) in [6.07, 6.45) is 8.16. The normalized spacial score (nSPS) is 35.7. The fraction of sp³-hybridized carbons (Fsp3) is 1.00. The van der Waals surface area contributed by atoms with Crippen LogP contribution >= 0.6 is 0 Å². The largest absolute Gasteiger partial charge is 0.329 e. The number of hydrogen-bond acceptors (Lipinski definition) is 3. The van der Waals surface area contributed by atoms with Gasteiger partial charge in [0.05, 0.1) is 0 Å². The highest BCUT2D eigenvalue weighted by molar-refractivity contribution is 4.89. The first-order chi connectivity index (χ1) is 9.65. The molecule has 118 valence electrons. The molecule has 2 aliphatic rings. The van der Waals surface area contributed by atoms with Gasteiger partial charge in [-0.3, -0.25) is 4.90 Å². The summed E-state index contributed by atoms with van der Waals surface area (Å²) in [5.41, 5.74) is 6.22. The van der Waals surface area contributed by atoms with Crippen molar-refractivity contribution in [1.29, 1.82) is 0 Å². The summed E-state index contributed by atoms with van der Waals surface area (Å²) in [6.45, 7) is 9.30. The van der Waals surface area contributed by atoms with Crippen LogP contribution in [0.2, 0.25) is 0 Å². The van der Waals surface area contributed by atoms with Crippen LogP contribution in [0.25, 0.3) is 0 Å². The second kappa shape index (κ2) is 7.77. The van der Waals surface area contributed by atoms with Crippen LogP contribution in [0.3, 0.4) is 0 Å². The third-order valence-electron chi connectivity index (χ3n) is 5.69. The molecule has 2 rings (SSSR count). The summed E-state index contributed by atoms with van der Waals surface area (Å²) < 4.78 is 0. The molecule has 2 N–H and O–H groups in total. The molecule has 2 atom stereocenters. The third kappa shape index (κ3) is 3.96. The van der Waals surface area contributed by atoms with Crippen molar-refractivity contribution in [2.24, 2.45) is 17.6 Å². The molecule has 0 radical (unpaired) electrons. The summed E-state index contributed by atoms with van der Waals surface area (Å²) in [4.78, 5) is 5.29. The lowest BCUT2D eigenvalue weighted by molar-refractivity contribution is 0.0713. The van der Waals surface area contributed by atoms with E-state index >= 15 is 0 Å². The minimum atomic E-state index is 0.624. The van der Waals surface area contributed by atoms with Crippen molar-refractivity contribution < 1.29 is 0 Å². The number of rotatable bonds is 4. The summed E-state index contributed by atoms with van der Waals surface area (Å²) in [6, 6.07) is 1.33. The van der Waals surface area contributed by atoms with Crippen LogP contribution in [-0.2, 0) is 0 Å². The van der Waals surface area contributed by atoms with Crippen LogP contribution in [-0.4, -0.2) is 55.1 Å². The van der Waals surface area contributed by atoms with Gasteiger partial charge in [-0.25, -0.2) is 0 Å². The third-order valence-corrected chi connectivity index (χ3v) is 5.69. The Kier molecular flexibility index (Phi) is 6.31. The summed E-state index contributed by atoms with van der Waals surface area (Å²) in [7, 11) is 2.27. The Hall–Kier alpha value is -0.120. The minimum Gasteiger partial charge on any atom is -0.329 e. The van der Waals surface area contributed by atoms with E-state index in [9.17, 15) is 0 Å². The maximum absolute atomic E-state index is 6.22. The monoisotopic (exact) mass is 281 g/mol. The molecule has 2 fully saturated rings. The summed E-state index contributed by atoms with van der Waals surface area (Å²) >= 11 is 0. The van der Waals surface area contributed by atoms with Crippen molar-refractivity contribution in [3.63, 3.8) is 0 Å². The molecule has 2 unspecified atom stereocenters. The van der Waals surface area contributed by atoms with Crippen molar-refractivity contribution in [2.45, 2.75) is 64.5 Å². The van der Waals surface area contributed by atoms with Crippen molar-refractivity contribution >= 4 is 0 Å². The molecular formula is C17H35N3. The van der Waals surface area contributed by atoms with Crippen molar-refractivity contribution in [3.05, 3.63) is 0 Å². The van der Waals surface area contributed by atoms with Gasteiger partial charge in [0.15, 0.2) is 0 Å². The van der Waals surface area contributed by atoms with Gasteiger partial charge in [0.1, 0.15) is 0 Å². The Labute approximate surface area is 125 Å². The molecule has 0 bridgehead atoms. The van der Waals surface area contributed by atoms with Crippen LogP contribution in [0, 0.1) is 11.8 Å². The number of nitrogens with two attached hydrogens (primary N) is 1. The van der Waals surface area contributed by atoms with Crippen LogP contribution in [0.1, 0.15) is 52.4 Å². The lowest BCUT2D eigenvalue weighted by Crippen LogP contribution is -2.52. The van der Waals surface area contributed by atoms with Crippen LogP contribution < -0.4 is 5.73 Å². The van der Waals surface area contributed by atoms with Gasteiger partial charge in [0, 0.05) is 31.7 Å². The van der Waals surface area contributed by atoms with Gasteiger partial charge in [-0.2, -0.15) is 0 Å². The molecule has 20 heavy (non-hydrogen) atoms. The number of nitrogens with zero attached hydrogens (tertiary/aromatic N) is 2. The molecule has 0 aromatic carbocycles. The van der Waals surface area contributed by atoms with E-state index < -0.39 is 0 Å². The second-order valence-electron chi connectivity index (χ2n) is 7.24. The van der Waals surface area contributed by atoms with Crippen LogP contribution in [0.5, 0.6) is 0 Å². The second-order valence-corrected chi connectivity index (χ2v) is 7.24. The standard InChI is InChI=1S/C17H35N3/c1-4-16-13-19(3)10-5-11-20(16)17(12-18)15-8-6-14(2)7-9-15/h14-17H,4-13,18H2,1-3H3. The highest BCUT2D eigenvalue weighted by Crippen LogP contribution is 2.33. The predicted molar refractivity (Wildman–Crippen MR) is 86.9 cm³/mol. The summed E-state index contributed by atoms with van der Waals surface area (Å²) in [5, 5.41) is 0. The van der Waals surface area contributed by atoms with Crippen molar-refractivity contribution in [1.82, 2.24) is 9.80 Å². The fourth-order valence-electron chi connectivity index (χ4n) is 4.33. The van der Waals surface area contributed by atoms with E-state index in [2.05, 4.69) is 30.7 Å². The van der Waals surface area contributed by atoms with Crippen molar-refractivity contribution in [3.8, 4) is 0 Å². The number of likely N-dealkylation sites (N-methyl/N-ethyl adjacent to an activating group) is 1. The van der Waals surface area contributed by atoms with Crippen LogP contribution in [0.4, 0.5) is 0 Å². The highest BCUT2D eigenvalue weighted by atomic mass is 15.3. The molecule has 0 amide bonds. The first kappa shape index (κ1) is 16.3. The molecule has 0 aromatic heterocycles. The van der Waals surface area contributed by atoms with Gasteiger partial charge < -0.3 is 10.6 Å². The van der Waals surface area contributed by atoms with Crippen LogP contribution in [0.15, 0.2) is 0 Å². The Morgan fingerprint density at radius 1 is 1.15 bits per heavy atom. The molecular weight excluding hydrogens is 246 g/mol. The molecule has 0 aromatic rings. The quantitative estimate of drug-likeness (QED) is 0.859. The summed E-state index contributed by atoms with van der Waals surface area (Å²) in [5.74, 6) is 1.77. The Morgan fingerprint density at radius 2 is 1.85 bits per heavy atom. The lowest BCUT2D eigenvalue weighted by atomic mass is 9.78. The van der Waals surface area contributed by atoms with E-state index in [4.69, 9.17) is 5.73 Å². The van der Waals surface area contributed by atoms with Crippen molar-refractivity contribution in [2.75, 3.05) is 33.2 Å². The zero-order valence-electron chi connectivity index (χ0n) is 13.9. The van der Waals surface area contributed by atoms with Gasteiger partial charge in [0.25, 0.3) is 0 Å². The van der Waals surface area contributed by atoms with Gasteiger partial charge in [-0.05, 0) is 51.1 Å². The molecule has 1 saturated heterocycles. The average Bonchev–Trinajstić information content (AvgIpc) is 2.63. The van der Waals surface area contributed by atoms with Gasteiger partial charge in [0.2, 0.25) is 0 Å². The molecule has 1 aliphatic carbocycles. The zero-order valence-corrected chi connectivity index (χ0v) is 13.9.